The van der Waals surface area contributed by atoms with Crippen LogP contribution in [-0.4, -0.2) is 31.7 Å². The van der Waals surface area contributed by atoms with Crippen LogP contribution in [0.5, 0.6) is 11.5 Å². The summed E-state index contributed by atoms with van der Waals surface area (Å²) in [4.78, 5) is 24.3. The number of unbranched alkanes of at least 4 members (excludes halogenated alkanes) is 1. The van der Waals surface area contributed by atoms with Crippen molar-refractivity contribution >= 4 is 23.6 Å². The molecule has 0 aliphatic heterocycles. The Morgan fingerprint density at radius 3 is 2.60 bits per heavy atom. The number of methoxy groups -OCH3 is 1. The number of hydrogen-bond acceptors (Lipinski definition) is 5. The van der Waals surface area contributed by atoms with Gasteiger partial charge in [0, 0.05) is 11.8 Å². The molecule has 2 aromatic carbocycles. The molecule has 2 rings (SSSR count). The Bertz CT molecular complexity index is 889. The standard InChI is InChI=1S/C24H29NO5/c1-5-6-14-29-24(27)19-8-7-9-20(16-19)25-23(26)13-11-18-10-12-21(30-17(2)3)22(15-18)28-4/h7-13,15-17H,5-6,14H2,1-4H3,(H,25,26). The molecule has 1 N–H and O–H groups in total. The lowest BCUT2D eigenvalue weighted by molar-refractivity contribution is -0.111. The zero-order chi connectivity index (χ0) is 21.9. The fraction of sp³-hybridized carbons (Fsp3) is 0.333. The monoisotopic (exact) mass is 411 g/mol. The van der Waals surface area contributed by atoms with Crippen molar-refractivity contribution in [3.8, 4) is 11.5 Å². The average Bonchev–Trinajstić information content (AvgIpc) is 2.73. The quantitative estimate of drug-likeness (QED) is 0.335. The van der Waals surface area contributed by atoms with Crippen LogP contribution in [0.15, 0.2) is 48.5 Å². The van der Waals surface area contributed by atoms with Crippen molar-refractivity contribution < 1.29 is 23.8 Å². The first-order chi connectivity index (χ1) is 14.4. The number of ether oxygens (including phenoxy) is 3. The Hall–Kier alpha value is -3.28. The van der Waals surface area contributed by atoms with Crippen LogP contribution in [-0.2, 0) is 9.53 Å². The van der Waals surface area contributed by atoms with Crippen LogP contribution >= 0.6 is 0 Å². The Morgan fingerprint density at radius 1 is 1.10 bits per heavy atom. The van der Waals surface area contributed by atoms with E-state index < -0.39 is 5.97 Å². The summed E-state index contributed by atoms with van der Waals surface area (Å²) >= 11 is 0. The minimum Gasteiger partial charge on any atom is -0.493 e. The topological polar surface area (TPSA) is 73.9 Å². The molecule has 2 aromatic rings. The first-order valence-electron chi connectivity index (χ1n) is 10.0. The molecule has 160 valence electrons. The minimum absolute atomic E-state index is 0.0331. The van der Waals surface area contributed by atoms with Gasteiger partial charge >= 0.3 is 5.97 Å². The van der Waals surface area contributed by atoms with E-state index in [-0.39, 0.29) is 12.0 Å². The largest absolute Gasteiger partial charge is 0.493 e. The van der Waals surface area contributed by atoms with E-state index >= 15 is 0 Å². The second-order valence-electron chi connectivity index (χ2n) is 6.97. The number of carbonyl (C=O) groups is 2. The molecule has 0 bridgehead atoms. The Balaban J connectivity index is 2.01. The number of amides is 1. The van der Waals surface area contributed by atoms with Gasteiger partial charge in [0.15, 0.2) is 11.5 Å². The van der Waals surface area contributed by atoms with Crippen molar-refractivity contribution in [1.82, 2.24) is 0 Å². The fourth-order valence-electron chi connectivity index (χ4n) is 2.61. The molecule has 0 fully saturated rings. The molecule has 0 atom stereocenters. The highest BCUT2D eigenvalue weighted by atomic mass is 16.5. The van der Waals surface area contributed by atoms with E-state index in [0.717, 1.165) is 18.4 Å². The molecule has 0 aromatic heterocycles. The zero-order valence-electron chi connectivity index (χ0n) is 17.9. The van der Waals surface area contributed by atoms with Gasteiger partial charge in [0.1, 0.15) is 0 Å². The van der Waals surface area contributed by atoms with E-state index in [1.54, 1.807) is 43.5 Å². The summed E-state index contributed by atoms with van der Waals surface area (Å²) in [5.74, 6) is 0.538. The van der Waals surface area contributed by atoms with Crippen molar-refractivity contribution in [2.24, 2.45) is 0 Å². The molecule has 0 radical (unpaired) electrons. The lowest BCUT2D eigenvalue weighted by atomic mass is 10.1. The van der Waals surface area contributed by atoms with E-state index in [2.05, 4.69) is 5.32 Å². The summed E-state index contributed by atoms with van der Waals surface area (Å²) in [5.41, 5.74) is 1.72. The van der Waals surface area contributed by atoms with E-state index in [1.165, 1.54) is 6.08 Å². The van der Waals surface area contributed by atoms with Gasteiger partial charge in [0.25, 0.3) is 0 Å². The lowest BCUT2D eigenvalue weighted by Crippen LogP contribution is -2.10. The van der Waals surface area contributed by atoms with Crippen molar-refractivity contribution in [2.75, 3.05) is 19.0 Å². The second-order valence-corrected chi connectivity index (χ2v) is 6.97. The maximum atomic E-state index is 12.3. The predicted molar refractivity (Wildman–Crippen MR) is 118 cm³/mol. The highest BCUT2D eigenvalue weighted by Crippen LogP contribution is 2.29. The van der Waals surface area contributed by atoms with Crippen LogP contribution in [0.2, 0.25) is 0 Å². The number of hydrogen-bond donors (Lipinski definition) is 1. The van der Waals surface area contributed by atoms with Crippen LogP contribution in [0.1, 0.15) is 49.5 Å². The summed E-state index contributed by atoms with van der Waals surface area (Å²) < 4.78 is 16.2. The molecule has 30 heavy (non-hydrogen) atoms. The molecule has 6 nitrogen and oxygen atoms in total. The van der Waals surface area contributed by atoms with Gasteiger partial charge in [-0.3, -0.25) is 4.79 Å². The number of benzene rings is 2. The summed E-state index contributed by atoms with van der Waals surface area (Å²) in [5, 5.41) is 2.75. The van der Waals surface area contributed by atoms with Gasteiger partial charge in [0.2, 0.25) is 5.91 Å². The molecule has 0 saturated carbocycles. The van der Waals surface area contributed by atoms with Crippen molar-refractivity contribution in [3.63, 3.8) is 0 Å². The first kappa shape index (κ1) is 23.0. The minimum atomic E-state index is -0.397. The van der Waals surface area contributed by atoms with Gasteiger partial charge < -0.3 is 19.5 Å². The third-order valence-electron chi connectivity index (χ3n) is 4.07. The number of nitrogens with one attached hydrogen (secondary N) is 1. The van der Waals surface area contributed by atoms with Crippen LogP contribution < -0.4 is 14.8 Å². The number of esters is 1. The maximum absolute atomic E-state index is 12.3. The Morgan fingerprint density at radius 2 is 1.90 bits per heavy atom. The number of rotatable bonds is 10. The lowest BCUT2D eigenvalue weighted by Gasteiger charge is -2.13. The molecule has 0 unspecified atom stereocenters. The van der Waals surface area contributed by atoms with Gasteiger partial charge in [-0.25, -0.2) is 4.79 Å². The van der Waals surface area contributed by atoms with E-state index in [9.17, 15) is 9.59 Å². The van der Waals surface area contributed by atoms with E-state index in [4.69, 9.17) is 14.2 Å². The second kappa shape index (κ2) is 11.7. The normalized spacial score (nSPS) is 10.8. The van der Waals surface area contributed by atoms with Crippen LogP contribution in [0.25, 0.3) is 6.08 Å². The van der Waals surface area contributed by atoms with Crippen molar-refractivity contribution in [2.45, 2.75) is 39.7 Å². The van der Waals surface area contributed by atoms with E-state index in [1.807, 2.05) is 32.9 Å². The SMILES string of the molecule is CCCCOC(=O)c1cccc(NC(=O)C=Cc2ccc(OC(C)C)c(OC)c2)c1. The van der Waals surface area contributed by atoms with Crippen molar-refractivity contribution in [1.29, 1.82) is 0 Å². The third-order valence-corrected chi connectivity index (χ3v) is 4.07. The molecule has 0 aliphatic rings. The highest BCUT2D eigenvalue weighted by molar-refractivity contribution is 6.02. The summed E-state index contributed by atoms with van der Waals surface area (Å²) in [6, 6.07) is 12.1. The Labute approximate surface area is 177 Å². The fourth-order valence-corrected chi connectivity index (χ4v) is 2.61. The first-order valence-corrected chi connectivity index (χ1v) is 10.0. The highest BCUT2D eigenvalue weighted by Gasteiger charge is 2.09. The Kier molecular flexibility index (Phi) is 8.94. The predicted octanol–water partition coefficient (Wildman–Crippen LogP) is 5.09. The van der Waals surface area contributed by atoms with Crippen LogP contribution in [0, 0.1) is 0 Å². The van der Waals surface area contributed by atoms with Crippen LogP contribution in [0.3, 0.4) is 0 Å². The number of carbonyl (C=O) groups excluding carboxylic acids is 2. The van der Waals surface area contributed by atoms with Crippen LogP contribution in [0.4, 0.5) is 5.69 Å². The zero-order valence-corrected chi connectivity index (χ0v) is 17.9. The molecular weight excluding hydrogens is 382 g/mol. The van der Waals surface area contributed by atoms with E-state index in [0.29, 0.717) is 29.4 Å². The van der Waals surface area contributed by atoms with Gasteiger partial charge in [-0.15, -0.1) is 0 Å². The average molecular weight is 411 g/mol. The van der Waals surface area contributed by atoms with Gasteiger partial charge in [-0.05, 0) is 62.2 Å². The van der Waals surface area contributed by atoms with Gasteiger partial charge in [0.05, 0.1) is 25.4 Å². The maximum Gasteiger partial charge on any atom is 0.338 e. The van der Waals surface area contributed by atoms with Crippen molar-refractivity contribution in [3.05, 3.63) is 59.7 Å². The molecule has 0 heterocycles. The smallest absolute Gasteiger partial charge is 0.338 e. The molecule has 0 saturated heterocycles. The molecule has 1 amide bonds. The molecular formula is C24H29NO5. The number of anilines is 1. The van der Waals surface area contributed by atoms with Gasteiger partial charge in [-0.1, -0.05) is 25.5 Å². The molecule has 6 heteroatoms. The molecule has 0 aliphatic carbocycles. The summed E-state index contributed by atoms with van der Waals surface area (Å²) in [7, 11) is 1.57. The molecule has 0 spiro atoms. The summed E-state index contributed by atoms with van der Waals surface area (Å²) in [6.45, 7) is 6.30. The van der Waals surface area contributed by atoms with Gasteiger partial charge in [-0.2, -0.15) is 0 Å². The third kappa shape index (κ3) is 7.28. The summed E-state index contributed by atoms with van der Waals surface area (Å²) in [6.07, 6.45) is 4.91.